The van der Waals surface area contributed by atoms with E-state index in [1.165, 1.54) is 13.0 Å². The number of carbonyl (C=O) groups excluding carboxylic acids is 1. The standard InChI is InChI=1S/C15H16FN3O/c1-10(12-4-3-7-17-9-12)18-13-5-6-14(16)15(8-13)19-11(2)20/h3-10,18H,1-2H3,(H,19,20). The number of aromatic nitrogens is 1. The summed E-state index contributed by atoms with van der Waals surface area (Å²) in [6.07, 6.45) is 3.49. The molecule has 2 rings (SSSR count). The number of nitrogens with zero attached hydrogens (tertiary/aromatic N) is 1. The molecule has 5 heteroatoms. The van der Waals surface area contributed by atoms with Crippen molar-refractivity contribution in [3.05, 3.63) is 54.1 Å². The molecule has 20 heavy (non-hydrogen) atoms. The van der Waals surface area contributed by atoms with Gasteiger partial charge in [0, 0.05) is 25.0 Å². The molecule has 0 bridgehead atoms. The van der Waals surface area contributed by atoms with Crippen molar-refractivity contribution in [1.82, 2.24) is 4.98 Å². The highest BCUT2D eigenvalue weighted by Gasteiger charge is 2.08. The van der Waals surface area contributed by atoms with E-state index in [1.807, 2.05) is 19.1 Å². The summed E-state index contributed by atoms with van der Waals surface area (Å²) in [6, 6.07) is 8.38. The largest absolute Gasteiger partial charge is 0.378 e. The fraction of sp³-hybridized carbons (Fsp3) is 0.200. The van der Waals surface area contributed by atoms with Crippen molar-refractivity contribution >= 4 is 17.3 Å². The molecule has 0 spiro atoms. The van der Waals surface area contributed by atoms with Gasteiger partial charge in [0.05, 0.1) is 11.7 Å². The molecule has 0 aliphatic heterocycles. The highest BCUT2D eigenvalue weighted by atomic mass is 19.1. The van der Waals surface area contributed by atoms with E-state index in [-0.39, 0.29) is 17.6 Å². The Morgan fingerprint density at radius 3 is 2.80 bits per heavy atom. The van der Waals surface area contributed by atoms with Crippen molar-refractivity contribution in [3.63, 3.8) is 0 Å². The third-order valence-electron chi connectivity index (χ3n) is 2.84. The van der Waals surface area contributed by atoms with Crippen LogP contribution >= 0.6 is 0 Å². The van der Waals surface area contributed by atoms with Gasteiger partial charge in [-0.15, -0.1) is 0 Å². The normalized spacial score (nSPS) is 11.8. The Kier molecular flexibility index (Phi) is 4.30. The molecule has 0 fully saturated rings. The smallest absolute Gasteiger partial charge is 0.221 e. The fourth-order valence-corrected chi connectivity index (χ4v) is 1.87. The molecule has 1 amide bonds. The summed E-state index contributed by atoms with van der Waals surface area (Å²) in [6.45, 7) is 3.33. The van der Waals surface area contributed by atoms with Gasteiger partial charge in [-0.2, -0.15) is 0 Å². The Hall–Kier alpha value is -2.43. The molecule has 0 radical (unpaired) electrons. The van der Waals surface area contributed by atoms with Crippen molar-refractivity contribution in [2.45, 2.75) is 19.9 Å². The Morgan fingerprint density at radius 1 is 1.35 bits per heavy atom. The zero-order valence-corrected chi connectivity index (χ0v) is 11.4. The van der Waals surface area contributed by atoms with E-state index in [2.05, 4.69) is 15.6 Å². The van der Waals surface area contributed by atoms with Crippen molar-refractivity contribution in [2.24, 2.45) is 0 Å². The van der Waals surface area contributed by atoms with Gasteiger partial charge < -0.3 is 10.6 Å². The Morgan fingerprint density at radius 2 is 2.15 bits per heavy atom. The summed E-state index contributed by atoms with van der Waals surface area (Å²) in [5.74, 6) is -0.763. The molecule has 2 aromatic rings. The quantitative estimate of drug-likeness (QED) is 0.898. The second-order valence-electron chi connectivity index (χ2n) is 4.53. The maximum absolute atomic E-state index is 13.5. The summed E-state index contributed by atoms with van der Waals surface area (Å²) < 4.78 is 13.5. The molecule has 0 aliphatic carbocycles. The first kappa shape index (κ1) is 14.0. The van der Waals surface area contributed by atoms with E-state index in [0.717, 1.165) is 11.3 Å². The van der Waals surface area contributed by atoms with Crippen LogP contribution in [0, 0.1) is 5.82 Å². The number of nitrogens with one attached hydrogen (secondary N) is 2. The summed E-state index contributed by atoms with van der Waals surface area (Å²) in [5, 5.41) is 5.70. The van der Waals surface area contributed by atoms with Crippen LogP contribution < -0.4 is 10.6 Å². The molecule has 1 atom stereocenters. The molecular formula is C15H16FN3O. The Balaban J connectivity index is 2.15. The lowest BCUT2D eigenvalue weighted by Crippen LogP contribution is -2.10. The first-order valence-electron chi connectivity index (χ1n) is 6.30. The number of anilines is 2. The van der Waals surface area contributed by atoms with Gasteiger partial charge in [0.15, 0.2) is 0 Å². The first-order chi connectivity index (χ1) is 9.56. The van der Waals surface area contributed by atoms with Gasteiger partial charge in [-0.3, -0.25) is 9.78 Å². The molecule has 104 valence electrons. The zero-order chi connectivity index (χ0) is 14.5. The molecule has 1 heterocycles. The van der Waals surface area contributed by atoms with E-state index in [4.69, 9.17) is 0 Å². The summed E-state index contributed by atoms with van der Waals surface area (Å²) in [5.41, 5.74) is 1.92. The van der Waals surface area contributed by atoms with Crippen LogP contribution in [0.15, 0.2) is 42.7 Å². The third kappa shape index (κ3) is 3.54. The summed E-state index contributed by atoms with van der Waals surface area (Å²) in [4.78, 5) is 15.1. The lowest BCUT2D eigenvalue weighted by molar-refractivity contribution is -0.114. The Labute approximate surface area is 117 Å². The van der Waals surface area contributed by atoms with Crippen molar-refractivity contribution in [3.8, 4) is 0 Å². The average molecular weight is 273 g/mol. The number of hydrogen-bond donors (Lipinski definition) is 2. The van der Waals surface area contributed by atoms with E-state index in [1.54, 1.807) is 24.5 Å². The van der Waals surface area contributed by atoms with Crippen LogP contribution in [0.3, 0.4) is 0 Å². The van der Waals surface area contributed by atoms with Crippen LogP contribution in [0.4, 0.5) is 15.8 Å². The van der Waals surface area contributed by atoms with Crippen LogP contribution in [0.25, 0.3) is 0 Å². The van der Waals surface area contributed by atoms with E-state index in [9.17, 15) is 9.18 Å². The van der Waals surface area contributed by atoms with Crippen LogP contribution in [-0.2, 0) is 4.79 Å². The van der Waals surface area contributed by atoms with Crippen LogP contribution in [0.5, 0.6) is 0 Å². The maximum Gasteiger partial charge on any atom is 0.221 e. The average Bonchev–Trinajstić information content (AvgIpc) is 2.43. The molecule has 0 saturated carbocycles. The van der Waals surface area contributed by atoms with Gasteiger partial charge in [-0.25, -0.2) is 4.39 Å². The number of halogens is 1. The topological polar surface area (TPSA) is 54.0 Å². The van der Waals surface area contributed by atoms with Crippen LogP contribution in [0.2, 0.25) is 0 Å². The van der Waals surface area contributed by atoms with E-state index in [0.29, 0.717) is 0 Å². The van der Waals surface area contributed by atoms with Gasteiger partial charge in [-0.1, -0.05) is 6.07 Å². The van der Waals surface area contributed by atoms with Crippen molar-refractivity contribution in [2.75, 3.05) is 10.6 Å². The Bertz CT molecular complexity index is 601. The maximum atomic E-state index is 13.5. The van der Waals surface area contributed by atoms with Crippen LogP contribution in [0.1, 0.15) is 25.5 Å². The number of carbonyl (C=O) groups is 1. The minimum atomic E-state index is -0.459. The first-order valence-corrected chi connectivity index (χ1v) is 6.30. The summed E-state index contributed by atoms with van der Waals surface area (Å²) >= 11 is 0. The molecule has 4 nitrogen and oxygen atoms in total. The van der Waals surface area contributed by atoms with Crippen LogP contribution in [-0.4, -0.2) is 10.9 Å². The van der Waals surface area contributed by atoms with Gasteiger partial charge >= 0.3 is 0 Å². The summed E-state index contributed by atoms with van der Waals surface area (Å²) in [7, 11) is 0. The monoisotopic (exact) mass is 273 g/mol. The number of amides is 1. The highest BCUT2D eigenvalue weighted by Crippen LogP contribution is 2.23. The minimum Gasteiger partial charge on any atom is -0.378 e. The molecule has 1 aromatic heterocycles. The molecule has 0 saturated heterocycles. The van der Waals surface area contributed by atoms with E-state index >= 15 is 0 Å². The minimum absolute atomic E-state index is 0.0272. The number of hydrogen-bond acceptors (Lipinski definition) is 3. The van der Waals surface area contributed by atoms with Gasteiger partial charge in [0.25, 0.3) is 0 Å². The van der Waals surface area contributed by atoms with Gasteiger partial charge in [-0.05, 0) is 36.8 Å². The van der Waals surface area contributed by atoms with Gasteiger partial charge in [0.2, 0.25) is 5.91 Å². The zero-order valence-electron chi connectivity index (χ0n) is 11.4. The fourth-order valence-electron chi connectivity index (χ4n) is 1.87. The van der Waals surface area contributed by atoms with Gasteiger partial charge in [0.1, 0.15) is 5.82 Å². The lowest BCUT2D eigenvalue weighted by atomic mass is 10.1. The number of benzene rings is 1. The molecule has 1 aromatic carbocycles. The molecular weight excluding hydrogens is 257 g/mol. The highest BCUT2D eigenvalue weighted by molar-refractivity contribution is 5.89. The second-order valence-corrected chi connectivity index (χ2v) is 4.53. The van der Waals surface area contributed by atoms with E-state index < -0.39 is 5.82 Å². The lowest BCUT2D eigenvalue weighted by Gasteiger charge is -2.16. The third-order valence-corrected chi connectivity index (χ3v) is 2.84. The van der Waals surface area contributed by atoms with Crippen molar-refractivity contribution < 1.29 is 9.18 Å². The molecule has 1 unspecified atom stereocenters. The molecule has 2 N–H and O–H groups in total. The molecule has 0 aliphatic rings. The SMILES string of the molecule is CC(=O)Nc1cc(NC(C)c2cccnc2)ccc1F. The van der Waals surface area contributed by atoms with Crippen molar-refractivity contribution in [1.29, 1.82) is 0 Å². The number of pyridine rings is 1. The predicted molar refractivity (Wildman–Crippen MR) is 77.0 cm³/mol. The predicted octanol–water partition coefficient (Wildman–Crippen LogP) is 3.35. The second kappa shape index (κ2) is 6.14. The number of rotatable bonds is 4.